The number of rotatable bonds is 3. The maximum Gasteiger partial charge on any atom is 0.335 e. The number of benzene rings is 1. The summed E-state index contributed by atoms with van der Waals surface area (Å²) in [6, 6.07) is 9.90. The minimum Gasteiger partial charge on any atom is -0.478 e. The molecule has 0 fully saturated rings. The molecule has 0 spiro atoms. The van der Waals surface area contributed by atoms with Gasteiger partial charge in [0.25, 0.3) is 0 Å². The van der Waals surface area contributed by atoms with E-state index in [0.29, 0.717) is 17.1 Å². The summed E-state index contributed by atoms with van der Waals surface area (Å²) in [5.74, 6) is -0.522. The summed E-state index contributed by atoms with van der Waals surface area (Å²) in [4.78, 5) is 29.6. The summed E-state index contributed by atoms with van der Waals surface area (Å²) in [5.41, 5.74) is 2.06. The number of hydrogen-bond acceptors (Lipinski definition) is 5. The van der Waals surface area contributed by atoms with Crippen LogP contribution in [0.2, 0.25) is 0 Å². The van der Waals surface area contributed by atoms with Crippen molar-refractivity contribution in [1.29, 1.82) is 5.26 Å². The SMILES string of the molecule is CC(=O)N1c2ccc(C(=O)O)cc2C(Nc2ccc(C#N)cn2)C(C)C1C. The van der Waals surface area contributed by atoms with Crippen molar-refractivity contribution in [2.24, 2.45) is 5.92 Å². The molecule has 0 saturated carbocycles. The Labute approximate surface area is 157 Å². The topological polar surface area (TPSA) is 106 Å². The molecule has 0 radical (unpaired) electrons. The minimum atomic E-state index is -1.02. The lowest BCUT2D eigenvalue weighted by Crippen LogP contribution is -2.48. The smallest absolute Gasteiger partial charge is 0.335 e. The first-order valence-corrected chi connectivity index (χ1v) is 8.63. The van der Waals surface area contributed by atoms with Gasteiger partial charge in [-0.1, -0.05) is 6.92 Å². The van der Waals surface area contributed by atoms with E-state index in [1.807, 2.05) is 19.9 Å². The maximum atomic E-state index is 12.2. The number of carboxylic acid groups (broad SMARTS) is 1. The Hall–Kier alpha value is -3.40. The standard InChI is InChI=1S/C20H20N4O3/c1-11-12(2)24(13(3)25)17-6-5-15(20(26)27)8-16(17)19(11)23-18-7-4-14(9-21)10-22-18/h4-8,10-12,19H,1-3H3,(H,22,23)(H,26,27). The molecule has 2 N–H and O–H groups in total. The molecule has 1 aromatic heterocycles. The van der Waals surface area contributed by atoms with Crippen molar-refractivity contribution in [3.05, 3.63) is 53.2 Å². The van der Waals surface area contributed by atoms with Gasteiger partial charge in [0.05, 0.1) is 17.2 Å². The monoisotopic (exact) mass is 364 g/mol. The van der Waals surface area contributed by atoms with Gasteiger partial charge in [0.15, 0.2) is 0 Å². The molecule has 7 nitrogen and oxygen atoms in total. The summed E-state index contributed by atoms with van der Waals surface area (Å²) >= 11 is 0. The Bertz CT molecular complexity index is 933. The van der Waals surface area contributed by atoms with Crippen LogP contribution in [0.3, 0.4) is 0 Å². The number of fused-ring (bicyclic) bond motifs is 1. The van der Waals surface area contributed by atoms with E-state index < -0.39 is 5.97 Å². The Kier molecular flexibility index (Phi) is 4.82. The lowest BCUT2D eigenvalue weighted by molar-refractivity contribution is -0.117. The molecule has 3 rings (SSSR count). The maximum absolute atomic E-state index is 12.2. The number of hydrogen-bond donors (Lipinski definition) is 2. The number of aromatic carboxylic acids is 1. The third-order valence-corrected chi connectivity index (χ3v) is 5.10. The first-order chi connectivity index (χ1) is 12.8. The average molecular weight is 364 g/mol. The molecule has 0 bridgehead atoms. The molecular weight excluding hydrogens is 344 g/mol. The second kappa shape index (κ2) is 7.08. The Balaban J connectivity index is 2.08. The van der Waals surface area contributed by atoms with E-state index in [1.54, 1.807) is 29.2 Å². The molecule has 3 atom stereocenters. The number of carbonyl (C=O) groups is 2. The third-order valence-electron chi connectivity index (χ3n) is 5.10. The van der Waals surface area contributed by atoms with E-state index in [1.165, 1.54) is 19.2 Å². The van der Waals surface area contributed by atoms with Crippen molar-refractivity contribution in [3.63, 3.8) is 0 Å². The van der Waals surface area contributed by atoms with Crippen LogP contribution < -0.4 is 10.2 Å². The Morgan fingerprint density at radius 1 is 1.26 bits per heavy atom. The predicted molar refractivity (Wildman–Crippen MR) is 101 cm³/mol. The van der Waals surface area contributed by atoms with Crippen molar-refractivity contribution < 1.29 is 14.7 Å². The fraction of sp³-hybridized carbons (Fsp3) is 0.300. The molecule has 1 aliphatic rings. The number of pyridine rings is 1. The summed E-state index contributed by atoms with van der Waals surface area (Å²) in [6.07, 6.45) is 1.48. The lowest BCUT2D eigenvalue weighted by Gasteiger charge is -2.44. The zero-order valence-electron chi connectivity index (χ0n) is 15.3. The first-order valence-electron chi connectivity index (χ1n) is 8.63. The van der Waals surface area contributed by atoms with Gasteiger partial charge in [0, 0.05) is 30.8 Å². The van der Waals surface area contributed by atoms with Crippen LogP contribution in [0.1, 0.15) is 48.3 Å². The van der Waals surface area contributed by atoms with Crippen LogP contribution in [0, 0.1) is 17.2 Å². The number of amides is 1. The molecule has 7 heteroatoms. The highest BCUT2D eigenvalue weighted by atomic mass is 16.4. The number of anilines is 2. The molecule has 0 saturated heterocycles. The van der Waals surface area contributed by atoms with Gasteiger partial charge in [-0.3, -0.25) is 4.79 Å². The van der Waals surface area contributed by atoms with Gasteiger partial charge in [-0.15, -0.1) is 0 Å². The number of carbonyl (C=O) groups excluding carboxylic acids is 1. The number of carboxylic acids is 1. The molecule has 1 aromatic carbocycles. The van der Waals surface area contributed by atoms with Crippen molar-refractivity contribution >= 4 is 23.4 Å². The summed E-state index contributed by atoms with van der Waals surface area (Å²) < 4.78 is 0. The highest BCUT2D eigenvalue weighted by molar-refractivity contribution is 5.95. The van der Waals surface area contributed by atoms with E-state index in [0.717, 1.165) is 5.56 Å². The van der Waals surface area contributed by atoms with E-state index in [4.69, 9.17) is 5.26 Å². The highest BCUT2D eigenvalue weighted by Gasteiger charge is 2.38. The normalized spacial score (nSPS) is 21.1. The van der Waals surface area contributed by atoms with Gasteiger partial charge in [-0.2, -0.15) is 5.26 Å². The number of aromatic nitrogens is 1. The third kappa shape index (κ3) is 3.34. The minimum absolute atomic E-state index is 0.00267. The van der Waals surface area contributed by atoms with Gasteiger partial charge in [0.2, 0.25) is 5.91 Å². The molecular formula is C20H20N4O3. The second-order valence-corrected chi connectivity index (χ2v) is 6.73. The second-order valence-electron chi connectivity index (χ2n) is 6.73. The van der Waals surface area contributed by atoms with E-state index in [2.05, 4.69) is 10.3 Å². The molecule has 1 amide bonds. The summed E-state index contributed by atoms with van der Waals surface area (Å²) in [7, 11) is 0. The lowest BCUT2D eigenvalue weighted by atomic mass is 9.82. The number of nitriles is 1. The van der Waals surface area contributed by atoms with E-state index >= 15 is 0 Å². The quantitative estimate of drug-likeness (QED) is 0.866. The number of nitrogens with one attached hydrogen (secondary N) is 1. The Morgan fingerprint density at radius 3 is 2.56 bits per heavy atom. The van der Waals surface area contributed by atoms with Crippen molar-refractivity contribution in [3.8, 4) is 6.07 Å². The highest BCUT2D eigenvalue weighted by Crippen LogP contribution is 2.42. The van der Waals surface area contributed by atoms with Crippen molar-refractivity contribution in [1.82, 2.24) is 4.98 Å². The summed E-state index contributed by atoms with van der Waals surface area (Å²) in [6.45, 7) is 5.49. The largest absolute Gasteiger partial charge is 0.478 e. The van der Waals surface area contributed by atoms with Crippen molar-refractivity contribution in [2.45, 2.75) is 32.9 Å². The zero-order chi connectivity index (χ0) is 19.7. The fourth-order valence-corrected chi connectivity index (χ4v) is 3.54. The van der Waals surface area contributed by atoms with Crippen molar-refractivity contribution in [2.75, 3.05) is 10.2 Å². The van der Waals surface area contributed by atoms with Crippen LogP contribution in [0.4, 0.5) is 11.5 Å². The molecule has 27 heavy (non-hydrogen) atoms. The number of nitrogens with zero attached hydrogens (tertiary/aromatic N) is 3. The Morgan fingerprint density at radius 2 is 2.00 bits per heavy atom. The molecule has 0 aliphatic carbocycles. The fourth-order valence-electron chi connectivity index (χ4n) is 3.54. The summed E-state index contributed by atoms with van der Waals surface area (Å²) in [5, 5.41) is 21.6. The van der Waals surface area contributed by atoms with Crippen LogP contribution in [-0.2, 0) is 4.79 Å². The average Bonchev–Trinajstić information content (AvgIpc) is 2.65. The van der Waals surface area contributed by atoms with Gasteiger partial charge in [-0.25, -0.2) is 9.78 Å². The van der Waals surface area contributed by atoms with Gasteiger partial charge in [-0.05, 0) is 42.8 Å². The van der Waals surface area contributed by atoms with Crippen LogP contribution in [0.15, 0.2) is 36.5 Å². The zero-order valence-corrected chi connectivity index (χ0v) is 15.3. The van der Waals surface area contributed by atoms with E-state index in [-0.39, 0.29) is 29.5 Å². The molecule has 2 heterocycles. The van der Waals surface area contributed by atoms with Gasteiger partial charge in [0.1, 0.15) is 11.9 Å². The van der Waals surface area contributed by atoms with Crippen LogP contribution >= 0.6 is 0 Å². The predicted octanol–water partition coefficient (Wildman–Crippen LogP) is 3.20. The van der Waals surface area contributed by atoms with Gasteiger partial charge >= 0.3 is 5.97 Å². The van der Waals surface area contributed by atoms with Crippen LogP contribution in [-0.4, -0.2) is 28.0 Å². The molecule has 3 unspecified atom stereocenters. The van der Waals surface area contributed by atoms with Gasteiger partial charge < -0.3 is 15.3 Å². The van der Waals surface area contributed by atoms with E-state index in [9.17, 15) is 14.7 Å². The first kappa shape index (κ1) is 18.4. The molecule has 138 valence electrons. The van der Waals surface area contributed by atoms with Crippen LogP contribution in [0.5, 0.6) is 0 Å². The van der Waals surface area contributed by atoms with Crippen LogP contribution in [0.25, 0.3) is 0 Å². The molecule has 2 aromatic rings. The molecule has 1 aliphatic heterocycles.